The number of nitrogens with one attached hydrogen (secondary N) is 2. The Morgan fingerprint density at radius 2 is 1.78 bits per heavy atom. The molecular formula is C22H25Cl2N3O5. The average molecular weight is 482 g/mol. The van der Waals surface area contributed by atoms with Crippen molar-refractivity contribution in [2.24, 2.45) is 5.92 Å². The predicted molar refractivity (Wildman–Crippen MR) is 122 cm³/mol. The summed E-state index contributed by atoms with van der Waals surface area (Å²) in [6.45, 7) is 7.00. The van der Waals surface area contributed by atoms with Crippen molar-refractivity contribution < 1.29 is 23.9 Å². The zero-order chi connectivity index (χ0) is 23.8. The third kappa shape index (κ3) is 6.83. The van der Waals surface area contributed by atoms with Crippen LogP contribution in [0.1, 0.15) is 36.7 Å². The highest BCUT2D eigenvalue weighted by Crippen LogP contribution is 2.28. The van der Waals surface area contributed by atoms with Gasteiger partial charge in [-0.1, -0.05) is 37.0 Å². The number of carbonyl (C=O) groups excluding carboxylic acids is 3. The van der Waals surface area contributed by atoms with Crippen LogP contribution in [0.2, 0.25) is 10.0 Å². The van der Waals surface area contributed by atoms with Crippen molar-refractivity contribution >= 4 is 46.8 Å². The first-order valence-corrected chi connectivity index (χ1v) is 10.7. The second kappa shape index (κ2) is 11.7. The van der Waals surface area contributed by atoms with Gasteiger partial charge in [-0.25, -0.2) is 9.78 Å². The van der Waals surface area contributed by atoms with E-state index in [1.54, 1.807) is 45.0 Å². The molecule has 10 heteroatoms. The summed E-state index contributed by atoms with van der Waals surface area (Å²) in [5.41, 5.74) is 0.927. The number of ether oxygens (including phenoxy) is 2. The molecule has 1 heterocycles. The molecule has 0 aliphatic carbocycles. The van der Waals surface area contributed by atoms with Crippen LogP contribution in [0, 0.1) is 12.8 Å². The van der Waals surface area contributed by atoms with Crippen LogP contribution in [-0.2, 0) is 14.3 Å². The van der Waals surface area contributed by atoms with Gasteiger partial charge in [0.1, 0.15) is 11.8 Å². The number of hydrogen-bond donors (Lipinski definition) is 2. The number of esters is 1. The lowest BCUT2D eigenvalue weighted by Gasteiger charge is -2.21. The fourth-order valence-electron chi connectivity index (χ4n) is 2.63. The molecule has 2 rings (SSSR count). The van der Waals surface area contributed by atoms with Crippen LogP contribution in [0.3, 0.4) is 0 Å². The molecule has 0 bridgehead atoms. The summed E-state index contributed by atoms with van der Waals surface area (Å²) in [4.78, 5) is 41.2. The molecule has 0 fully saturated rings. The zero-order valence-electron chi connectivity index (χ0n) is 18.2. The minimum atomic E-state index is -0.943. The Kier molecular flexibility index (Phi) is 9.28. The summed E-state index contributed by atoms with van der Waals surface area (Å²) in [6.07, 6.45) is 1.36. The topological polar surface area (TPSA) is 107 Å². The van der Waals surface area contributed by atoms with Gasteiger partial charge in [0.15, 0.2) is 12.4 Å². The number of anilines is 1. The minimum absolute atomic E-state index is 0.110. The Labute approximate surface area is 196 Å². The van der Waals surface area contributed by atoms with Gasteiger partial charge in [-0.3, -0.25) is 9.59 Å². The van der Waals surface area contributed by atoms with Crippen molar-refractivity contribution in [3.63, 3.8) is 0 Å². The van der Waals surface area contributed by atoms with Gasteiger partial charge < -0.3 is 20.1 Å². The maximum Gasteiger partial charge on any atom is 0.329 e. The molecule has 0 aliphatic rings. The van der Waals surface area contributed by atoms with Gasteiger partial charge in [0.25, 0.3) is 11.8 Å². The van der Waals surface area contributed by atoms with Crippen LogP contribution < -0.4 is 15.4 Å². The summed E-state index contributed by atoms with van der Waals surface area (Å²) < 4.78 is 10.5. The Morgan fingerprint density at radius 1 is 1.12 bits per heavy atom. The summed E-state index contributed by atoms with van der Waals surface area (Å²) in [5.74, 6) is -1.33. The highest BCUT2D eigenvalue weighted by Gasteiger charge is 2.27. The van der Waals surface area contributed by atoms with Gasteiger partial charge in [0, 0.05) is 11.8 Å². The normalized spacial score (nSPS) is 11.6. The van der Waals surface area contributed by atoms with Gasteiger partial charge >= 0.3 is 5.97 Å². The summed E-state index contributed by atoms with van der Waals surface area (Å²) in [5, 5.41) is 5.67. The zero-order valence-corrected chi connectivity index (χ0v) is 19.7. The highest BCUT2D eigenvalue weighted by atomic mass is 35.5. The van der Waals surface area contributed by atoms with E-state index in [-0.39, 0.29) is 16.8 Å². The Balaban J connectivity index is 1.95. The minimum Gasteiger partial charge on any atom is -0.494 e. The van der Waals surface area contributed by atoms with Crippen molar-refractivity contribution in [2.45, 2.75) is 33.7 Å². The van der Waals surface area contributed by atoms with Crippen molar-refractivity contribution in [1.29, 1.82) is 0 Å². The van der Waals surface area contributed by atoms with Crippen LogP contribution in [0.5, 0.6) is 5.75 Å². The number of halogens is 2. The summed E-state index contributed by atoms with van der Waals surface area (Å²) in [6, 6.07) is 5.59. The molecule has 2 N–H and O–H groups in total. The third-order valence-corrected chi connectivity index (χ3v) is 5.28. The lowest BCUT2D eigenvalue weighted by molar-refractivity contribution is -0.150. The maximum atomic E-state index is 12.5. The smallest absolute Gasteiger partial charge is 0.329 e. The molecule has 32 heavy (non-hydrogen) atoms. The number of benzene rings is 1. The first-order chi connectivity index (χ1) is 15.1. The second-order valence-corrected chi connectivity index (χ2v) is 7.99. The van der Waals surface area contributed by atoms with Gasteiger partial charge in [-0.15, -0.1) is 0 Å². The largest absolute Gasteiger partial charge is 0.494 e. The predicted octanol–water partition coefficient (Wildman–Crippen LogP) is 4.03. The van der Waals surface area contributed by atoms with E-state index in [2.05, 4.69) is 15.6 Å². The highest BCUT2D eigenvalue weighted by molar-refractivity contribution is 6.37. The van der Waals surface area contributed by atoms with E-state index in [4.69, 9.17) is 32.7 Å². The van der Waals surface area contributed by atoms with Gasteiger partial charge in [-0.05, 0) is 49.6 Å². The summed E-state index contributed by atoms with van der Waals surface area (Å²) in [7, 11) is 0. The molecule has 0 unspecified atom stereocenters. The first kappa shape index (κ1) is 25.4. The quantitative estimate of drug-likeness (QED) is 0.523. The fourth-order valence-corrected chi connectivity index (χ4v) is 3.02. The van der Waals surface area contributed by atoms with Crippen LogP contribution in [-0.4, -0.2) is 42.0 Å². The van der Waals surface area contributed by atoms with E-state index < -0.39 is 30.4 Å². The molecule has 0 aliphatic heterocycles. The molecule has 0 saturated heterocycles. The van der Waals surface area contributed by atoms with Crippen molar-refractivity contribution in [2.75, 3.05) is 18.5 Å². The van der Waals surface area contributed by atoms with Crippen LogP contribution >= 0.6 is 23.2 Å². The fraction of sp³-hybridized carbons (Fsp3) is 0.364. The molecule has 2 aromatic rings. The Morgan fingerprint density at radius 3 is 2.38 bits per heavy atom. The number of carbonyl (C=O) groups is 3. The Hall–Kier alpha value is -2.84. The van der Waals surface area contributed by atoms with E-state index in [1.807, 2.05) is 6.92 Å². The van der Waals surface area contributed by atoms with Gasteiger partial charge in [-0.2, -0.15) is 0 Å². The van der Waals surface area contributed by atoms with E-state index in [0.717, 1.165) is 0 Å². The SMILES string of the molecule is CCOc1ccc(C(=O)N[C@H](C(=O)OCC(=O)Nc2ncc(Cl)c(C)c2Cl)C(C)C)cc1. The molecule has 1 aromatic carbocycles. The van der Waals surface area contributed by atoms with E-state index >= 15 is 0 Å². The standard InChI is InChI=1S/C22H25Cl2N3O5/c1-5-31-15-8-6-14(7-9-15)21(29)27-19(12(2)3)22(30)32-11-17(28)26-20-18(24)13(4)16(23)10-25-20/h6-10,12,19H,5,11H2,1-4H3,(H,27,29)(H,25,26,28)/t19-/m0/s1. The summed E-state index contributed by atoms with van der Waals surface area (Å²) >= 11 is 12.0. The maximum absolute atomic E-state index is 12.5. The second-order valence-electron chi connectivity index (χ2n) is 7.20. The molecule has 2 amide bonds. The molecule has 1 aromatic heterocycles. The molecule has 0 radical (unpaired) electrons. The third-order valence-electron chi connectivity index (χ3n) is 4.44. The van der Waals surface area contributed by atoms with E-state index in [0.29, 0.717) is 28.5 Å². The van der Waals surface area contributed by atoms with Crippen molar-refractivity contribution in [3.8, 4) is 5.75 Å². The van der Waals surface area contributed by atoms with E-state index in [9.17, 15) is 14.4 Å². The molecule has 8 nitrogen and oxygen atoms in total. The van der Waals surface area contributed by atoms with Crippen molar-refractivity contribution in [1.82, 2.24) is 10.3 Å². The number of amides is 2. The number of nitrogens with zero attached hydrogens (tertiary/aromatic N) is 1. The van der Waals surface area contributed by atoms with Gasteiger partial charge in [0.2, 0.25) is 0 Å². The molecule has 0 spiro atoms. The number of pyridine rings is 1. The first-order valence-electron chi connectivity index (χ1n) is 9.94. The van der Waals surface area contributed by atoms with Crippen LogP contribution in [0.4, 0.5) is 5.82 Å². The average Bonchev–Trinajstić information content (AvgIpc) is 2.76. The lowest BCUT2D eigenvalue weighted by Crippen LogP contribution is -2.45. The number of aromatic nitrogens is 1. The Bertz CT molecular complexity index is 980. The molecule has 172 valence electrons. The molecule has 1 atom stereocenters. The number of rotatable bonds is 9. The van der Waals surface area contributed by atoms with Crippen LogP contribution in [0.25, 0.3) is 0 Å². The van der Waals surface area contributed by atoms with Gasteiger partial charge in [0.05, 0.1) is 16.7 Å². The molecular weight excluding hydrogens is 457 g/mol. The lowest BCUT2D eigenvalue weighted by atomic mass is 10.0. The van der Waals surface area contributed by atoms with Crippen LogP contribution in [0.15, 0.2) is 30.5 Å². The number of hydrogen-bond acceptors (Lipinski definition) is 6. The van der Waals surface area contributed by atoms with Crippen molar-refractivity contribution in [3.05, 3.63) is 51.6 Å². The monoisotopic (exact) mass is 481 g/mol. The van der Waals surface area contributed by atoms with E-state index in [1.165, 1.54) is 6.20 Å². The molecule has 0 saturated carbocycles.